The summed E-state index contributed by atoms with van der Waals surface area (Å²) in [6, 6.07) is 0.346. The number of rotatable bonds is 4. The van der Waals surface area contributed by atoms with Crippen LogP contribution in [-0.2, 0) is 4.79 Å². The van der Waals surface area contributed by atoms with Gasteiger partial charge in [0, 0.05) is 6.04 Å². The molecular formula is C12H24N2O. The van der Waals surface area contributed by atoms with Crippen molar-refractivity contribution in [2.24, 2.45) is 0 Å². The van der Waals surface area contributed by atoms with E-state index in [1.165, 1.54) is 0 Å². The average molecular weight is 212 g/mol. The van der Waals surface area contributed by atoms with Crippen molar-refractivity contribution in [3.05, 3.63) is 0 Å². The number of hydrogen-bond donors (Lipinski definition) is 1. The first-order chi connectivity index (χ1) is 6.96. The summed E-state index contributed by atoms with van der Waals surface area (Å²) in [5.74, 6) is 0.262. The Bertz CT molecular complexity index is 238. The molecule has 0 aromatic rings. The van der Waals surface area contributed by atoms with Crippen molar-refractivity contribution in [2.45, 2.75) is 71.6 Å². The number of nitrogens with zero attached hydrogens (tertiary/aromatic N) is 1. The molecule has 3 atom stereocenters. The van der Waals surface area contributed by atoms with Gasteiger partial charge in [0.15, 0.2) is 0 Å². The predicted octanol–water partition coefficient (Wildman–Crippen LogP) is 2.12. The van der Waals surface area contributed by atoms with Crippen molar-refractivity contribution in [1.82, 2.24) is 10.2 Å². The highest BCUT2D eigenvalue weighted by molar-refractivity contribution is 5.88. The Morgan fingerprint density at radius 2 is 2.13 bits per heavy atom. The summed E-state index contributed by atoms with van der Waals surface area (Å²) >= 11 is 0. The molecule has 3 heteroatoms. The zero-order valence-corrected chi connectivity index (χ0v) is 10.6. The molecule has 88 valence electrons. The lowest BCUT2D eigenvalue weighted by atomic mass is 9.99. The highest BCUT2D eigenvalue weighted by Crippen LogP contribution is 2.26. The Hall–Kier alpha value is -0.570. The van der Waals surface area contributed by atoms with Gasteiger partial charge < -0.3 is 4.90 Å². The molecule has 1 N–H and O–H groups in total. The summed E-state index contributed by atoms with van der Waals surface area (Å²) in [7, 11) is 0. The molecule has 0 aliphatic carbocycles. The van der Waals surface area contributed by atoms with Crippen LogP contribution in [-0.4, -0.2) is 28.6 Å². The summed E-state index contributed by atoms with van der Waals surface area (Å²) in [6.45, 7) is 10.4. The van der Waals surface area contributed by atoms with E-state index >= 15 is 0 Å². The molecule has 0 saturated carbocycles. The maximum Gasteiger partial charge on any atom is 0.244 e. The van der Waals surface area contributed by atoms with Gasteiger partial charge in [-0.1, -0.05) is 20.3 Å². The zero-order valence-electron chi connectivity index (χ0n) is 10.6. The van der Waals surface area contributed by atoms with Gasteiger partial charge in [-0.25, -0.2) is 0 Å². The van der Waals surface area contributed by atoms with Crippen molar-refractivity contribution in [1.29, 1.82) is 0 Å². The Morgan fingerprint density at radius 1 is 1.53 bits per heavy atom. The van der Waals surface area contributed by atoms with E-state index in [4.69, 9.17) is 0 Å². The molecule has 0 bridgehead atoms. The van der Waals surface area contributed by atoms with E-state index in [-0.39, 0.29) is 17.6 Å². The van der Waals surface area contributed by atoms with E-state index in [0.29, 0.717) is 6.04 Å². The second-order valence-corrected chi connectivity index (χ2v) is 4.86. The van der Waals surface area contributed by atoms with Crippen LogP contribution >= 0.6 is 0 Å². The summed E-state index contributed by atoms with van der Waals surface area (Å²) in [5.41, 5.74) is -0.346. The van der Waals surface area contributed by atoms with Gasteiger partial charge in [-0.15, -0.1) is 0 Å². The van der Waals surface area contributed by atoms with E-state index in [1.807, 2.05) is 11.8 Å². The molecule has 3 unspecified atom stereocenters. The molecule has 1 aliphatic heterocycles. The SMILES string of the molecule is CCCC(C)N1C(=O)C(C)(CC)NC1C. The van der Waals surface area contributed by atoms with Crippen LogP contribution in [0, 0.1) is 0 Å². The summed E-state index contributed by atoms with van der Waals surface area (Å²) in [6.07, 6.45) is 3.23. The molecular weight excluding hydrogens is 188 g/mol. The van der Waals surface area contributed by atoms with Gasteiger partial charge in [0.25, 0.3) is 0 Å². The van der Waals surface area contributed by atoms with Crippen molar-refractivity contribution >= 4 is 5.91 Å². The van der Waals surface area contributed by atoms with Gasteiger partial charge in [-0.05, 0) is 33.6 Å². The van der Waals surface area contributed by atoms with Gasteiger partial charge in [-0.3, -0.25) is 10.1 Å². The van der Waals surface area contributed by atoms with Crippen molar-refractivity contribution in [2.75, 3.05) is 0 Å². The quantitative estimate of drug-likeness (QED) is 0.774. The maximum atomic E-state index is 12.2. The van der Waals surface area contributed by atoms with Crippen molar-refractivity contribution in [3.8, 4) is 0 Å². The molecule has 0 aromatic heterocycles. The molecule has 1 amide bonds. The molecule has 15 heavy (non-hydrogen) atoms. The predicted molar refractivity (Wildman–Crippen MR) is 62.5 cm³/mol. The Morgan fingerprint density at radius 3 is 2.53 bits per heavy atom. The lowest BCUT2D eigenvalue weighted by Crippen LogP contribution is -2.44. The van der Waals surface area contributed by atoms with E-state index in [2.05, 4.69) is 33.0 Å². The third-order valence-corrected chi connectivity index (χ3v) is 3.54. The van der Waals surface area contributed by atoms with Crippen LogP contribution in [0.1, 0.15) is 53.9 Å². The molecule has 1 fully saturated rings. The molecule has 0 radical (unpaired) electrons. The first-order valence-corrected chi connectivity index (χ1v) is 6.06. The van der Waals surface area contributed by atoms with Crippen LogP contribution in [0.4, 0.5) is 0 Å². The largest absolute Gasteiger partial charge is 0.323 e. The van der Waals surface area contributed by atoms with Crippen molar-refractivity contribution in [3.63, 3.8) is 0 Å². The molecule has 0 spiro atoms. The fourth-order valence-electron chi connectivity index (χ4n) is 2.45. The highest BCUT2D eigenvalue weighted by Gasteiger charge is 2.46. The Labute approximate surface area is 93.2 Å². The van der Waals surface area contributed by atoms with Gasteiger partial charge in [0.1, 0.15) is 0 Å². The topological polar surface area (TPSA) is 32.3 Å². The molecule has 3 nitrogen and oxygen atoms in total. The van der Waals surface area contributed by atoms with Gasteiger partial charge in [0.05, 0.1) is 11.7 Å². The standard InChI is InChI=1S/C12H24N2O/c1-6-8-9(3)14-10(4)13-12(5,7-2)11(14)15/h9-10,13H,6-8H2,1-5H3. The first-order valence-electron chi connectivity index (χ1n) is 6.06. The molecule has 1 aliphatic rings. The monoisotopic (exact) mass is 212 g/mol. The number of carbonyl (C=O) groups is 1. The lowest BCUT2D eigenvalue weighted by molar-refractivity contribution is -0.134. The number of hydrogen-bond acceptors (Lipinski definition) is 2. The summed E-state index contributed by atoms with van der Waals surface area (Å²) in [4.78, 5) is 14.3. The van der Waals surface area contributed by atoms with Crippen LogP contribution in [0.2, 0.25) is 0 Å². The summed E-state index contributed by atoms with van der Waals surface area (Å²) in [5, 5.41) is 3.40. The third kappa shape index (κ3) is 2.17. The lowest BCUT2D eigenvalue weighted by Gasteiger charge is -2.28. The fourth-order valence-corrected chi connectivity index (χ4v) is 2.45. The Balaban J connectivity index is 2.79. The van der Waals surface area contributed by atoms with Crippen LogP contribution in [0.15, 0.2) is 0 Å². The number of carbonyl (C=O) groups excluding carboxylic acids is 1. The van der Waals surface area contributed by atoms with Gasteiger partial charge in [0.2, 0.25) is 5.91 Å². The fraction of sp³-hybridized carbons (Fsp3) is 0.917. The second-order valence-electron chi connectivity index (χ2n) is 4.86. The molecule has 1 heterocycles. The second kappa shape index (κ2) is 4.52. The van der Waals surface area contributed by atoms with Gasteiger partial charge >= 0.3 is 0 Å². The highest BCUT2D eigenvalue weighted by atomic mass is 16.2. The minimum absolute atomic E-state index is 0.170. The normalized spacial score (nSPS) is 33.5. The Kier molecular flexibility index (Phi) is 3.77. The zero-order chi connectivity index (χ0) is 11.6. The molecule has 1 saturated heterocycles. The van der Waals surface area contributed by atoms with Crippen LogP contribution in [0.3, 0.4) is 0 Å². The maximum absolute atomic E-state index is 12.2. The number of nitrogens with one attached hydrogen (secondary N) is 1. The smallest absolute Gasteiger partial charge is 0.244 e. The van der Waals surface area contributed by atoms with E-state index < -0.39 is 0 Å². The minimum Gasteiger partial charge on any atom is -0.323 e. The van der Waals surface area contributed by atoms with E-state index in [0.717, 1.165) is 19.3 Å². The minimum atomic E-state index is -0.346. The van der Waals surface area contributed by atoms with Crippen LogP contribution in [0.25, 0.3) is 0 Å². The van der Waals surface area contributed by atoms with E-state index in [1.54, 1.807) is 0 Å². The number of amides is 1. The summed E-state index contributed by atoms with van der Waals surface area (Å²) < 4.78 is 0. The molecule has 0 aromatic carbocycles. The van der Waals surface area contributed by atoms with Crippen LogP contribution < -0.4 is 5.32 Å². The van der Waals surface area contributed by atoms with Crippen LogP contribution in [0.5, 0.6) is 0 Å². The average Bonchev–Trinajstić information content (AvgIpc) is 2.39. The van der Waals surface area contributed by atoms with Crippen molar-refractivity contribution < 1.29 is 4.79 Å². The third-order valence-electron chi connectivity index (χ3n) is 3.54. The van der Waals surface area contributed by atoms with Gasteiger partial charge in [-0.2, -0.15) is 0 Å². The molecule has 1 rings (SSSR count). The first kappa shape index (κ1) is 12.5. The van der Waals surface area contributed by atoms with E-state index in [9.17, 15) is 4.79 Å².